The van der Waals surface area contributed by atoms with Crippen molar-refractivity contribution in [3.8, 4) is 21.6 Å². The van der Waals surface area contributed by atoms with Gasteiger partial charge in [-0.3, -0.25) is 9.97 Å². The summed E-state index contributed by atoms with van der Waals surface area (Å²) >= 11 is 1.52. The zero-order valence-corrected chi connectivity index (χ0v) is 17.5. The van der Waals surface area contributed by atoms with Crippen molar-refractivity contribution >= 4 is 23.4 Å². The largest absolute Gasteiger partial charge is 0.384 e. The summed E-state index contributed by atoms with van der Waals surface area (Å²) in [7, 11) is 0. The van der Waals surface area contributed by atoms with Crippen molar-refractivity contribution in [2.75, 3.05) is 0 Å². The summed E-state index contributed by atoms with van der Waals surface area (Å²) < 4.78 is 0. The molecule has 4 rings (SSSR count). The first kappa shape index (κ1) is 20.6. The molecule has 4 aromatic rings. The van der Waals surface area contributed by atoms with Gasteiger partial charge in [0.25, 0.3) is 0 Å². The van der Waals surface area contributed by atoms with Crippen LogP contribution in [0.25, 0.3) is 27.3 Å². The second-order valence-corrected chi connectivity index (χ2v) is 7.82. The van der Waals surface area contributed by atoms with Crippen LogP contribution in [0.5, 0.6) is 0 Å². The maximum absolute atomic E-state index is 11.3. The first-order valence-electron chi connectivity index (χ1n) is 9.58. The Balaban J connectivity index is 1.76. The van der Waals surface area contributed by atoms with E-state index in [1.54, 1.807) is 24.8 Å². The monoisotopic (exact) mass is 427 g/mol. The number of nitrogens with one attached hydrogen (secondary N) is 1. The minimum Gasteiger partial charge on any atom is -0.384 e. The van der Waals surface area contributed by atoms with Gasteiger partial charge in [0, 0.05) is 35.2 Å². The molecule has 0 bridgehead atoms. The van der Waals surface area contributed by atoms with E-state index in [0.717, 1.165) is 37.6 Å². The van der Waals surface area contributed by atoms with Gasteiger partial charge in [-0.25, -0.2) is 10.8 Å². The molecule has 0 radical (unpaired) electrons. The molecule has 0 aliphatic carbocycles. The molecule has 0 spiro atoms. The van der Waals surface area contributed by atoms with Crippen molar-refractivity contribution in [2.45, 2.75) is 6.10 Å². The molecule has 6 nitrogen and oxygen atoms in total. The summed E-state index contributed by atoms with van der Waals surface area (Å²) in [5.41, 5.74) is 7.48. The number of rotatable bonds is 7. The minimum atomic E-state index is -0.846. The highest BCUT2D eigenvalue weighted by Gasteiger charge is 2.21. The topological polar surface area (TPSA) is 96.4 Å². The fourth-order valence-electron chi connectivity index (χ4n) is 3.28. The fraction of sp³-hybridized carbons (Fsp3) is 0.0417. The van der Waals surface area contributed by atoms with Crippen molar-refractivity contribution in [1.82, 2.24) is 15.4 Å². The molecule has 0 saturated heterocycles. The van der Waals surface area contributed by atoms with Crippen molar-refractivity contribution < 1.29 is 5.11 Å². The van der Waals surface area contributed by atoms with Crippen LogP contribution in [0.4, 0.5) is 0 Å². The van der Waals surface area contributed by atoms with Gasteiger partial charge in [-0.1, -0.05) is 24.8 Å². The van der Waals surface area contributed by atoms with Gasteiger partial charge in [-0.05, 0) is 58.7 Å². The average molecular weight is 428 g/mol. The number of benzene rings is 1. The maximum atomic E-state index is 11.3. The van der Waals surface area contributed by atoms with Crippen LogP contribution >= 0.6 is 11.3 Å². The molecule has 0 aliphatic rings. The van der Waals surface area contributed by atoms with Gasteiger partial charge in [0.05, 0.1) is 10.6 Å². The highest BCUT2D eigenvalue weighted by Crippen LogP contribution is 2.40. The standard InChI is InChI=1S/C24H21N5OS/c1-16(28-15-29-25)24-21(14-22(31-24)18-7-11-27-12-8-18)23(30)20-4-2-3-19(13-20)17-5-9-26-10-6-17/h2-15,23,30H,1,25H2,(H,28,29). The fourth-order valence-corrected chi connectivity index (χ4v) is 4.40. The first-order valence-corrected chi connectivity index (χ1v) is 10.4. The summed E-state index contributed by atoms with van der Waals surface area (Å²) in [5, 5.41) is 11.3. The first-order chi connectivity index (χ1) is 15.2. The van der Waals surface area contributed by atoms with Crippen molar-refractivity contribution in [2.24, 2.45) is 10.8 Å². The van der Waals surface area contributed by atoms with Gasteiger partial charge in [0.1, 0.15) is 12.4 Å². The number of pyridine rings is 2. The van der Waals surface area contributed by atoms with Gasteiger partial charge < -0.3 is 10.5 Å². The second-order valence-electron chi connectivity index (χ2n) is 6.77. The summed E-state index contributed by atoms with van der Waals surface area (Å²) in [6.07, 6.45) is 7.52. The predicted molar refractivity (Wildman–Crippen MR) is 126 cm³/mol. The quantitative estimate of drug-likeness (QED) is 0.176. The van der Waals surface area contributed by atoms with E-state index in [-0.39, 0.29) is 0 Å². The molecule has 1 atom stereocenters. The molecule has 0 amide bonds. The predicted octanol–water partition coefficient (Wildman–Crippen LogP) is 4.42. The van der Waals surface area contributed by atoms with E-state index in [1.165, 1.54) is 17.7 Å². The molecule has 0 fully saturated rings. The van der Waals surface area contributed by atoms with Crippen molar-refractivity contribution in [1.29, 1.82) is 0 Å². The van der Waals surface area contributed by atoms with E-state index in [1.807, 2.05) is 54.6 Å². The number of hydrazine groups is 1. The van der Waals surface area contributed by atoms with E-state index in [9.17, 15) is 5.11 Å². The SMILES string of the molecule is C=C(N=CNN)c1sc(-c2ccncc2)cc1C(O)c1cccc(-c2ccncc2)c1. The number of thiophene rings is 1. The third-order valence-corrected chi connectivity index (χ3v) is 6.04. The van der Waals surface area contributed by atoms with Crippen LogP contribution in [0.15, 0.2) is 91.0 Å². The highest BCUT2D eigenvalue weighted by molar-refractivity contribution is 7.16. The van der Waals surface area contributed by atoms with Crippen LogP contribution in [-0.4, -0.2) is 21.4 Å². The normalized spacial score (nSPS) is 12.1. The molecule has 154 valence electrons. The maximum Gasteiger partial charge on any atom is 0.106 e. The lowest BCUT2D eigenvalue weighted by Gasteiger charge is -2.14. The summed E-state index contributed by atoms with van der Waals surface area (Å²) in [6, 6.07) is 17.6. The van der Waals surface area contributed by atoms with E-state index in [4.69, 9.17) is 5.84 Å². The molecular formula is C24H21N5OS. The van der Waals surface area contributed by atoms with Crippen LogP contribution in [0.3, 0.4) is 0 Å². The summed E-state index contributed by atoms with van der Waals surface area (Å²) in [6.45, 7) is 4.06. The summed E-state index contributed by atoms with van der Waals surface area (Å²) in [5.74, 6) is 5.31. The Morgan fingerprint density at radius 3 is 2.35 bits per heavy atom. The van der Waals surface area contributed by atoms with Crippen LogP contribution in [-0.2, 0) is 0 Å². The number of aliphatic hydroxyl groups is 1. The van der Waals surface area contributed by atoms with E-state index in [0.29, 0.717) is 5.70 Å². The van der Waals surface area contributed by atoms with Crippen LogP contribution in [0.1, 0.15) is 22.1 Å². The van der Waals surface area contributed by atoms with Gasteiger partial charge >= 0.3 is 0 Å². The Morgan fingerprint density at radius 1 is 1.00 bits per heavy atom. The number of aliphatic hydroxyl groups excluding tert-OH is 1. The molecule has 3 aromatic heterocycles. The van der Waals surface area contributed by atoms with Crippen LogP contribution < -0.4 is 11.3 Å². The lowest BCUT2D eigenvalue weighted by molar-refractivity contribution is 0.220. The number of aliphatic imine (C=N–C) groups is 1. The third-order valence-electron chi connectivity index (χ3n) is 4.79. The highest BCUT2D eigenvalue weighted by atomic mass is 32.1. The number of nitrogens with zero attached hydrogens (tertiary/aromatic N) is 3. The number of aromatic nitrogens is 2. The van der Waals surface area contributed by atoms with Gasteiger partial charge in [0.15, 0.2) is 0 Å². The molecule has 4 N–H and O–H groups in total. The Bertz CT molecular complexity index is 1210. The summed E-state index contributed by atoms with van der Waals surface area (Å²) in [4.78, 5) is 14.2. The lowest BCUT2D eigenvalue weighted by Crippen LogP contribution is -2.18. The van der Waals surface area contributed by atoms with Crippen molar-refractivity contribution in [3.63, 3.8) is 0 Å². The molecule has 3 heterocycles. The average Bonchev–Trinajstić information content (AvgIpc) is 3.29. The molecule has 0 aliphatic heterocycles. The number of hydrogen-bond donors (Lipinski definition) is 3. The van der Waals surface area contributed by atoms with Gasteiger partial charge in [-0.15, -0.1) is 11.3 Å². The van der Waals surface area contributed by atoms with Crippen molar-refractivity contribution in [3.05, 3.63) is 102 Å². The Morgan fingerprint density at radius 2 is 1.68 bits per heavy atom. The number of hydrogen-bond acceptors (Lipinski definition) is 6. The molecule has 7 heteroatoms. The smallest absolute Gasteiger partial charge is 0.106 e. The molecule has 31 heavy (non-hydrogen) atoms. The molecule has 1 aromatic carbocycles. The van der Waals surface area contributed by atoms with E-state index >= 15 is 0 Å². The lowest BCUT2D eigenvalue weighted by atomic mass is 9.97. The minimum absolute atomic E-state index is 0.516. The second kappa shape index (κ2) is 9.44. The van der Waals surface area contributed by atoms with Crippen LogP contribution in [0.2, 0.25) is 0 Å². The van der Waals surface area contributed by atoms with E-state index < -0.39 is 6.10 Å². The number of nitrogens with two attached hydrogens (primary N) is 1. The van der Waals surface area contributed by atoms with Gasteiger partial charge in [0.2, 0.25) is 0 Å². The molecular weight excluding hydrogens is 406 g/mol. The third kappa shape index (κ3) is 4.59. The Labute approximate surface area is 184 Å². The molecule has 0 saturated carbocycles. The Hall–Kier alpha value is -3.65. The zero-order valence-electron chi connectivity index (χ0n) is 16.6. The Kier molecular flexibility index (Phi) is 6.28. The molecule has 1 unspecified atom stereocenters. The van der Waals surface area contributed by atoms with Gasteiger partial charge in [-0.2, -0.15) is 0 Å². The zero-order chi connectivity index (χ0) is 21.6. The van der Waals surface area contributed by atoms with Crippen LogP contribution in [0, 0.1) is 0 Å². The van der Waals surface area contributed by atoms with E-state index in [2.05, 4.69) is 27.0 Å².